The van der Waals surface area contributed by atoms with Crippen LogP contribution >= 0.6 is 11.6 Å². The first-order chi connectivity index (χ1) is 11.8. The minimum atomic E-state index is 0.0245. The van der Waals surface area contributed by atoms with Crippen molar-refractivity contribution in [3.8, 4) is 5.75 Å². The van der Waals surface area contributed by atoms with Crippen molar-refractivity contribution in [3.63, 3.8) is 0 Å². The maximum absolute atomic E-state index is 12.8. The maximum Gasteiger partial charge on any atom is 0.227 e. The van der Waals surface area contributed by atoms with E-state index in [0.717, 1.165) is 23.6 Å². The zero-order chi connectivity index (χ0) is 18.1. The number of halogens is 1. The zero-order valence-corrected chi connectivity index (χ0v) is 15.5. The molecule has 7 heteroatoms. The number of rotatable bonds is 4. The van der Waals surface area contributed by atoms with Gasteiger partial charge in [-0.25, -0.2) is 0 Å². The largest absolute Gasteiger partial charge is 0.506 e. The average molecular weight is 363 g/mol. The predicted molar refractivity (Wildman–Crippen MR) is 95.5 cm³/mol. The van der Waals surface area contributed by atoms with Crippen LogP contribution in [0.3, 0.4) is 0 Å². The minimum Gasteiger partial charge on any atom is -0.506 e. The third kappa shape index (κ3) is 3.79. The molecule has 0 spiro atoms. The van der Waals surface area contributed by atoms with Crippen LogP contribution in [0.15, 0.2) is 18.2 Å². The number of benzene rings is 1. The van der Waals surface area contributed by atoms with Gasteiger partial charge in [0.15, 0.2) is 5.82 Å². The summed E-state index contributed by atoms with van der Waals surface area (Å²) in [5.41, 5.74) is 0.788. The molecule has 134 valence electrons. The van der Waals surface area contributed by atoms with Gasteiger partial charge in [0.25, 0.3) is 0 Å². The minimum absolute atomic E-state index is 0.0245. The van der Waals surface area contributed by atoms with Gasteiger partial charge in [-0.1, -0.05) is 31.5 Å². The summed E-state index contributed by atoms with van der Waals surface area (Å²) in [6.45, 7) is 7.45. The van der Waals surface area contributed by atoms with Crippen LogP contribution in [0, 0.1) is 12.8 Å². The Morgan fingerprint density at radius 2 is 2.16 bits per heavy atom. The van der Waals surface area contributed by atoms with Crippen LogP contribution in [0.25, 0.3) is 0 Å². The molecule has 1 amide bonds. The summed E-state index contributed by atoms with van der Waals surface area (Å²) in [5, 5.41) is 18.2. The van der Waals surface area contributed by atoms with E-state index in [9.17, 15) is 9.90 Å². The first-order valence-corrected chi connectivity index (χ1v) is 8.88. The summed E-state index contributed by atoms with van der Waals surface area (Å²) in [5.74, 6) is 2.31. The molecule has 1 aromatic heterocycles. The van der Waals surface area contributed by atoms with E-state index in [-0.39, 0.29) is 29.1 Å². The van der Waals surface area contributed by atoms with E-state index >= 15 is 0 Å². The molecule has 0 fully saturated rings. The fourth-order valence-electron chi connectivity index (χ4n) is 3.43. The van der Waals surface area contributed by atoms with Gasteiger partial charge in [-0.05, 0) is 37.0 Å². The number of aryl methyl sites for hydroxylation is 1. The van der Waals surface area contributed by atoms with Gasteiger partial charge in [0.1, 0.15) is 11.6 Å². The molecule has 1 N–H and O–H groups in total. The Morgan fingerprint density at radius 1 is 1.40 bits per heavy atom. The van der Waals surface area contributed by atoms with Gasteiger partial charge in [-0.2, -0.15) is 0 Å². The van der Waals surface area contributed by atoms with Crippen molar-refractivity contribution in [2.75, 3.05) is 6.54 Å². The lowest BCUT2D eigenvalue weighted by molar-refractivity contribution is -0.132. The van der Waals surface area contributed by atoms with Crippen LogP contribution in [-0.4, -0.2) is 37.2 Å². The standard InChI is InChI=1S/C18H23ClN4O2/c1-11(2)6-14-9-22(10-17-21-20-12(3)23(14)17)18(25)8-13-4-5-16(24)15(19)7-13/h4-5,7,11,14,24H,6,8-10H2,1-3H3/t14-/m0/s1. The number of fused-ring (bicyclic) bond motifs is 1. The number of amides is 1. The van der Waals surface area contributed by atoms with Gasteiger partial charge in [-0.3, -0.25) is 4.79 Å². The summed E-state index contributed by atoms with van der Waals surface area (Å²) < 4.78 is 2.17. The number of phenols is 1. The van der Waals surface area contributed by atoms with Gasteiger partial charge in [0.05, 0.1) is 24.0 Å². The Kier molecular flexibility index (Phi) is 4.99. The molecule has 1 aliphatic heterocycles. The molecule has 0 saturated carbocycles. The number of carbonyl (C=O) groups excluding carboxylic acids is 1. The lowest BCUT2D eigenvalue weighted by atomic mass is 10.0. The highest BCUT2D eigenvalue weighted by Gasteiger charge is 2.30. The van der Waals surface area contributed by atoms with Crippen LogP contribution in [0.1, 0.15) is 43.5 Å². The molecule has 6 nitrogen and oxygen atoms in total. The van der Waals surface area contributed by atoms with Crippen LogP contribution in [0.4, 0.5) is 0 Å². The number of hydrogen-bond donors (Lipinski definition) is 1. The SMILES string of the molecule is Cc1nnc2n1[C@@H](CC(C)C)CN(C(=O)Cc1ccc(O)c(Cl)c1)C2. The highest BCUT2D eigenvalue weighted by molar-refractivity contribution is 6.32. The molecule has 0 bridgehead atoms. The number of carbonyl (C=O) groups is 1. The molecule has 0 unspecified atom stereocenters. The number of aromatic nitrogens is 3. The van der Waals surface area contributed by atoms with Gasteiger partial charge in [0.2, 0.25) is 5.91 Å². The summed E-state index contributed by atoms with van der Waals surface area (Å²) in [4.78, 5) is 14.6. The number of aromatic hydroxyl groups is 1. The summed E-state index contributed by atoms with van der Waals surface area (Å²) >= 11 is 5.94. The van der Waals surface area contributed by atoms with E-state index in [4.69, 9.17) is 11.6 Å². The van der Waals surface area contributed by atoms with Gasteiger partial charge in [-0.15, -0.1) is 10.2 Å². The van der Waals surface area contributed by atoms with Gasteiger partial charge < -0.3 is 14.6 Å². The summed E-state index contributed by atoms with van der Waals surface area (Å²) in [7, 11) is 0. The third-order valence-corrected chi connectivity index (χ3v) is 4.83. The topological polar surface area (TPSA) is 71.2 Å². The molecule has 2 heterocycles. The first kappa shape index (κ1) is 17.7. The lowest BCUT2D eigenvalue weighted by Gasteiger charge is -2.35. The normalized spacial score (nSPS) is 17.0. The van der Waals surface area contributed by atoms with Gasteiger partial charge in [0, 0.05) is 6.54 Å². The second-order valence-corrected chi connectivity index (χ2v) is 7.46. The summed E-state index contributed by atoms with van der Waals surface area (Å²) in [6.07, 6.45) is 1.22. The maximum atomic E-state index is 12.8. The van der Waals surface area contributed by atoms with Crippen LogP contribution < -0.4 is 0 Å². The molecule has 1 aromatic carbocycles. The van der Waals surface area contributed by atoms with Crippen molar-refractivity contribution >= 4 is 17.5 Å². The molecule has 1 aliphatic rings. The van der Waals surface area contributed by atoms with E-state index in [1.807, 2.05) is 11.8 Å². The van der Waals surface area contributed by atoms with E-state index in [1.54, 1.807) is 12.1 Å². The number of phenolic OH excluding ortho intramolecular Hbond substituents is 1. The quantitative estimate of drug-likeness (QED) is 0.907. The molecule has 0 saturated heterocycles. The fraction of sp³-hybridized carbons (Fsp3) is 0.500. The van der Waals surface area contributed by atoms with Crippen molar-refractivity contribution < 1.29 is 9.90 Å². The second kappa shape index (κ2) is 7.04. The highest BCUT2D eigenvalue weighted by Crippen LogP contribution is 2.28. The van der Waals surface area contributed by atoms with Crippen molar-refractivity contribution in [2.45, 2.75) is 46.2 Å². The Bertz CT molecular complexity index is 787. The Balaban J connectivity index is 1.78. The molecule has 3 rings (SSSR count). The summed E-state index contributed by atoms with van der Waals surface area (Å²) in [6, 6.07) is 5.08. The Hall–Kier alpha value is -2.08. The van der Waals surface area contributed by atoms with Crippen LogP contribution in [0.5, 0.6) is 5.75 Å². The van der Waals surface area contributed by atoms with E-state index in [2.05, 4.69) is 28.6 Å². The molecular weight excluding hydrogens is 340 g/mol. The highest BCUT2D eigenvalue weighted by atomic mass is 35.5. The molecule has 0 aliphatic carbocycles. The molecule has 25 heavy (non-hydrogen) atoms. The van der Waals surface area contributed by atoms with Crippen LogP contribution in [0.2, 0.25) is 5.02 Å². The fourth-order valence-corrected chi connectivity index (χ4v) is 3.63. The molecule has 0 radical (unpaired) electrons. The Morgan fingerprint density at radius 3 is 2.84 bits per heavy atom. The lowest BCUT2D eigenvalue weighted by Crippen LogP contribution is -2.42. The van der Waals surface area contributed by atoms with Crippen molar-refractivity contribution in [1.29, 1.82) is 0 Å². The van der Waals surface area contributed by atoms with Gasteiger partial charge >= 0.3 is 0 Å². The second-order valence-electron chi connectivity index (χ2n) is 7.05. The van der Waals surface area contributed by atoms with Crippen molar-refractivity contribution in [1.82, 2.24) is 19.7 Å². The molecule has 2 aromatic rings. The van der Waals surface area contributed by atoms with Crippen molar-refractivity contribution in [3.05, 3.63) is 40.4 Å². The Labute approximate surface area is 152 Å². The van der Waals surface area contributed by atoms with Crippen molar-refractivity contribution in [2.24, 2.45) is 5.92 Å². The molecule has 1 atom stereocenters. The predicted octanol–water partition coefficient (Wildman–Crippen LogP) is 3.12. The monoisotopic (exact) mass is 362 g/mol. The van der Waals surface area contributed by atoms with E-state index in [1.165, 1.54) is 6.07 Å². The average Bonchev–Trinajstić information content (AvgIpc) is 2.92. The van der Waals surface area contributed by atoms with E-state index in [0.29, 0.717) is 19.0 Å². The smallest absolute Gasteiger partial charge is 0.227 e. The van der Waals surface area contributed by atoms with E-state index < -0.39 is 0 Å². The number of hydrogen-bond acceptors (Lipinski definition) is 4. The molecular formula is C18H23ClN4O2. The third-order valence-electron chi connectivity index (χ3n) is 4.53. The number of nitrogens with zero attached hydrogens (tertiary/aromatic N) is 4. The zero-order valence-electron chi connectivity index (χ0n) is 14.7. The van der Waals surface area contributed by atoms with Crippen LogP contribution in [-0.2, 0) is 17.8 Å². The first-order valence-electron chi connectivity index (χ1n) is 8.50.